The van der Waals surface area contributed by atoms with E-state index in [0.29, 0.717) is 0 Å². The summed E-state index contributed by atoms with van der Waals surface area (Å²) >= 11 is 0. The Bertz CT molecular complexity index is 296. The molecule has 0 aromatic carbocycles. The summed E-state index contributed by atoms with van der Waals surface area (Å²) in [7, 11) is -9.89. The smallest absolute Gasteiger partial charge is 0.299 e. The van der Waals surface area contributed by atoms with Crippen LogP contribution >= 0.6 is 0 Å². The van der Waals surface area contributed by atoms with E-state index < -0.39 is 20.5 Å². The molecule has 0 bridgehead atoms. The van der Waals surface area contributed by atoms with Crippen molar-refractivity contribution in [1.29, 1.82) is 0 Å². The summed E-state index contributed by atoms with van der Waals surface area (Å²) in [5.74, 6) is 0. The zero-order valence-corrected chi connectivity index (χ0v) is 18.5. The van der Waals surface area contributed by atoms with Crippen molar-refractivity contribution in [3.8, 4) is 0 Å². The van der Waals surface area contributed by atoms with Crippen molar-refractivity contribution >= 4 is 0 Å². The van der Waals surface area contributed by atoms with Gasteiger partial charge in [-0.1, -0.05) is 40.5 Å². The van der Waals surface area contributed by atoms with Crippen molar-refractivity contribution < 1.29 is 74.8 Å². The summed E-state index contributed by atoms with van der Waals surface area (Å²) in [5.41, 5.74) is 0. The normalized spacial score (nSPS) is 20.2. The van der Waals surface area contributed by atoms with Gasteiger partial charge in [-0.3, -0.25) is 9.80 Å². The van der Waals surface area contributed by atoms with Crippen molar-refractivity contribution in [3.05, 3.63) is 0 Å². The van der Waals surface area contributed by atoms with Gasteiger partial charge in [0, 0.05) is 12.1 Å². The fourth-order valence-electron chi connectivity index (χ4n) is 3.33. The Morgan fingerprint density at radius 3 is 0.926 bits per heavy atom. The molecule has 0 amide bonds. The molecule has 169 valence electrons. The van der Waals surface area contributed by atoms with Crippen LogP contribution in [0.3, 0.4) is 0 Å². The van der Waals surface area contributed by atoms with Crippen LogP contribution in [0.4, 0.5) is 0 Å². The second-order valence-corrected chi connectivity index (χ2v) is 7.13. The summed E-state index contributed by atoms with van der Waals surface area (Å²) < 4.78 is 67.9. The second-order valence-electron chi connectivity index (χ2n) is 5.62. The van der Waals surface area contributed by atoms with E-state index in [1.807, 2.05) is 0 Å². The molecule has 0 aromatic heterocycles. The Labute approximate surface area is 176 Å². The van der Waals surface area contributed by atoms with Crippen molar-refractivity contribution in [1.82, 2.24) is 9.80 Å². The molecule has 2 unspecified atom stereocenters. The average Bonchev–Trinajstić information content (AvgIpc) is 2.48. The van der Waals surface area contributed by atoms with Crippen molar-refractivity contribution in [3.63, 3.8) is 0 Å². The molecule has 1 fully saturated rings. The minimum Gasteiger partial charge on any atom is -0.299 e. The largest absolute Gasteiger partial charge is 2.00 e. The molecule has 13 heteroatoms. The molecule has 1 aliphatic carbocycles. The van der Waals surface area contributed by atoms with Crippen LogP contribution in [0.15, 0.2) is 0 Å². The maximum absolute atomic E-state index is 8.49. The van der Waals surface area contributed by atoms with Crippen LogP contribution in [0.2, 0.25) is 0 Å². The molecule has 1 aliphatic rings. The zero-order valence-electron chi connectivity index (χ0n) is 16.0. The van der Waals surface area contributed by atoms with E-state index in [0.717, 1.165) is 12.1 Å². The predicted molar refractivity (Wildman–Crippen MR) is 71.9 cm³/mol. The zero-order chi connectivity index (χ0) is 21.0. The molecule has 0 N–H and O–H groups in total. The third-order valence-electron chi connectivity index (χ3n) is 4.26. The van der Waals surface area contributed by atoms with Crippen molar-refractivity contribution in [2.75, 3.05) is 26.2 Å². The third kappa shape index (κ3) is 21.2. The van der Waals surface area contributed by atoms with E-state index >= 15 is 0 Å². The molecule has 0 heterocycles. The molecular formula is C14H30Cl2CuN2O8. The molecule has 0 saturated heterocycles. The second kappa shape index (κ2) is 16.5. The molecule has 0 aliphatic heterocycles. The van der Waals surface area contributed by atoms with E-state index in [-0.39, 0.29) is 17.1 Å². The quantitative estimate of drug-likeness (QED) is 0.325. The Morgan fingerprint density at radius 2 is 0.778 bits per heavy atom. The van der Waals surface area contributed by atoms with Crippen molar-refractivity contribution in [2.24, 2.45) is 0 Å². The first-order valence-corrected chi connectivity index (χ1v) is 11.0. The van der Waals surface area contributed by atoms with Crippen LogP contribution in [0, 0.1) is 20.5 Å². The Morgan fingerprint density at radius 1 is 0.593 bits per heavy atom. The fourth-order valence-corrected chi connectivity index (χ4v) is 3.33. The van der Waals surface area contributed by atoms with Crippen LogP contribution in [-0.2, 0) is 17.1 Å². The van der Waals surface area contributed by atoms with Crippen LogP contribution < -0.4 is 37.3 Å². The van der Waals surface area contributed by atoms with Gasteiger partial charge in [-0.15, -0.1) is 20.5 Å². The van der Waals surface area contributed by atoms with Gasteiger partial charge in [-0.2, -0.15) is 0 Å². The van der Waals surface area contributed by atoms with Gasteiger partial charge in [-0.05, 0) is 39.0 Å². The number of hydrogen-bond acceptors (Lipinski definition) is 10. The number of nitrogens with zero attached hydrogens (tertiary/aromatic N) is 2. The standard InChI is InChI=1S/C14H30N2.2ClHO4.Cu/c1-5-15(6-2)13-11-9-10-12-14(13)16(7-3)8-4;2*2-1(3,4)5;/h13-14H,5-12H2,1-4H3;2*(H,2,3,4,5);/q;;;+2/p-2. The first-order valence-electron chi connectivity index (χ1n) is 8.49. The third-order valence-corrected chi connectivity index (χ3v) is 4.26. The molecular weight excluding hydrogens is 459 g/mol. The summed E-state index contributed by atoms with van der Waals surface area (Å²) in [5, 5.41) is 0. The molecule has 10 nitrogen and oxygen atoms in total. The van der Waals surface area contributed by atoms with Gasteiger partial charge < -0.3 is 0 Å². The van der Waals surface area contributed by atoms with Crippen LogP contribution in [-0.4, -0.2) is 48.1 Å². The number of halogens is 2. The number of hydrogen-bond donors (Lipinski definition) is 0. The molecule has 0 spiro atoms. The van der Waals surface area contributed by atoms with Gasteiger partial charge >= 0.3 is 17.1 Å². The van der Waals surface area contributed by atoms with Crippen LogP contribution in [0.1, 0.15) is 53.4 Å². The Balaban J connectivity index is -0.000000436. The van der Waals surface area contributed by atoms with Gasteiger partial charge in [-0.25, -0.2) is 37.3 Å². The first kappa shape index (κ1) is 32.4. The van der Waals surface area contributed by atoms with Crippen LogP contribution in [0.25, 0.3) is 0 Å². The SMILES string of the molecule is CCN(CC)C1CCCCC1N(CC)CC.[Cu+2].[O-][Cl+3]([O-])([O-])[O-].[O-][Cl+3]([O-])([O-])[O-]. The number of likely N-dealkylation sites (N-methyl/N-ethyl adjacent to an activating group) is 2. The fraction of sp³-hybridized carbons (Fsp3) is 1.00. The maximum Gasteiger partial charge on any atom is 2.00 e. The summed E-state index contributed by atoms with van der Waals surface area (Å²) in [6.07, 6.45) is 5.67. The van der Waals surface area contributed by atoms with Gasteiger partial charge in [0.2, 0.25) is 0 Å². The summed E-state index contributed by atoms with van der Waals surface area (Å²) in [6.45, 7) is 14.0. The molecule has 0 aromatic rings. The summed E-state index contributed by atoms with van der Waals surface area (Å²) in [4.78, 5) is 5.34. The molecule has 1 saturated carbocycles. The molecule has 1 radical (unpaired) electrons. The topological polar surface area (TPSA) is 191 Å². The monoisotopic (exact) mass is 487 g/mol. The van der Waals surface area contributed by atoms with Gasteiger partial charge in [0.25, 0.3) is 0 Å². The van der Waals surface area contributed by atoms with Gasteiger partial charge in [0.05, 0.1) is 0 Å². The number of rotatable bonds is 6. The predicted octanol–water partition coefficient (Wildman–Crippen LogP) is -6.53. The Hall–Kier alpha value is 0.699. The minimum atomic E-state index is -4.94. The van der Waals surface area contributed by atoms with Gasteiger partial charge in [0.1, 0.15) is 0 Å². The molecule has 1 rings (SSSR count). The van der Waals surface area contributed by atoms with E-state index in [1.54, 1.807) is 0 Å². The maximum atomic E-state index is 8.49. The molecule has 27 heavy (non-hydrogen) atoms. The van der Waals surface area contributed by atoms with E-state index in [2.05, 4.69) is 37.5 Å². The van der Waals surface area contributed by atoms with E-state index in [1.165, 1.54) is 51.9 Å². The molecule has 2 atom stereocenters. The van der Waals surface area contributed by atoms with Gasteiger partial charge in [0.15, 0.2) is 0 Å². The Kier molecular flexibility index (Phi) is 19.8. The summed E-state index contributed by atoms with van der Waals surface area (Å²) in [6, 6.07) is 1.62. The average molecular weight is 489 g/mol. The first-order chi connectivity index (χ1) is 11.8. The minimum absolute atomic E-state index is 0. The van der Waals surface area contributed by atoms with Crippen LogP contribution in [0.5, 0.6) is 0 Å². The van der Waals surface area contributed by atoms with Crippen molar-refractivity contribution in [2.45, 2.75) is 65.5 Å². The van der Waals surface area contributed by atoms with E-state index in [9.17, 15) is 0 Å². The van der Waals surface area contributed by atoms with E-state index in [4.69, 9.17) is 37.3 Å².